The molecular formula is C23H21F5N4O3. The molecule has 5 rings (SSSR count). The standard InChI is InChI=1S/C23H21F5N4O3/c1-12-4-14-10-32-20(31(14)9-12)8-19(30-22(32)33)34-11-13-5-16(24)21(17(25)6-13)35-15-2-3-29-18(7-15)23(26,27)28/h2,5-8,12,14,29H,3-4,9-11H2,1H3/t12?,14-/m0/s1. The van der Waals surface area contributed by atoms with E-state index in [0.29, 0.717) is 24.4 Å². The van der Waals surface area contributed by atoms with E-state index in [1.165, 1.54) is 6.08 Å². The molecule has 0 bridgehead atoms. The second-order valence-electron chi connectivity index (χ2n) is 8.82. The van der Waals surface area contributed by atoms with Crippen LogP contribution in [0.25, 0.3) is 0 Å². The number of anilines is 1. The molecule has 0 aliphatic carbocycles. The molecule has 3 aliphatic rings. The third-order valence-corrected chi connectivity index (χ3v) is 6.13. The summed E-state index contributed by atoms with van der Waals surface area (Å²) in [6.07, 6.45) is -1.81. The summed E-state index contributed by atoms with van der Waals surface area (Å²) in [5.41, 5.74) is -1.44. The largest absolute Gasteiger partial charge is 0.473 e. The summed E-state index contributed by atoms with van der Waals surface area (Å²) in [6, 6.07) is 3.78. The monoisotopic (exact) mass is 496 g/mol. The minimum atomic E-state index is -4.65. The van der Waals surface area contributed by atoms with Gasteiger partial charge < -0.3 is 19.7 Å². The van der Waals surface area contributed by atoms with Crippen LogP contribution >= 0.6 is 0 Å². The number of alkyl halides is 3. The Labute approximate surface area is 196 Å². The summed E-state index contributed by atoms with van der Waals surface area (Å²) >= 11 is 0. The van der Waals surface area contributed by atoms with Gasteiger partial charge in [0, 0.05) is 37.8 Å². The molecule has 3 aliphatic heterocycles. The number of hydrogen-bond acceptors (Lipinski definition) is 6. The van der Waals surface area contributed by atoms with Gasteiger partial charge in [0.25, 0.3) is 0 Å². The molecule has 0 spiro atoms. The lowest BCUT2D eigenvalue weighted by Crippen LogP contribution is -2.29. The lowest BCUT2D eigenvalue weighted by atomic mass is 10.1. The molecule has 12 heteroatoms. The molecule has 7 nitrogen and oxygen atoms in total. The minimum absolute atomic E-state index is 0.0345. The lowest BCUT2D eigenvalue weighted by molar-refractivity contribution is -0.0968. The zero-order valence-electron chi connectivity index (χ0n) is 18.5. The zero-order chi connectivity index (χ0) is 24.9. The highest BCUT2D eigenvalue weighted by atomic mass is 19.4. The van der Waals surface area contributed by atoms with Crippen molar-refractivity contribution < 1.29 is 31.4 Å². The van der Waals surface area contributed by atoms with Gasteiger partial charge >= 0.3 is 11.9 Å². The SMILES string of the molecule is CC1C[C@H]2Cn3c(cc(OCc4cc(F)c(OC5=CCNC(C(F)(F)F)=C5)c(F)c4)nc3=O)N2C1. The first-order valence-corrected chi connectivity index (χ1v) is 11.0. The van der Waals surface area contributed by atoms with Crippen LogP contribution in [0.3, 0.4) is 0 Å². The highest BCUT2D eigenvalue weighted by Gasteiger charge is 2.38. The van der Waals surface area contributed by atoms with E-state index in [2.05, 4.69) is 22.1 Å². The topological polar surface area (TPSA) is 68.6 Å². The molecule has 0 radical (unpaired) electrons. The van der Waals surface area contributed by atoms with Gasteiger partial charge in [-0.3, -0.25) is 4.57 Å². The van der Waals surface area contributed by atoms with Crippen LogP contribution < -0.4 is 25.4 Å². The first kappa shape index (κ1) is 23.2. The maximum Gasteiger partial charge on any atom is 0.431 e. The van der Waals surface area contributed by atoms with E-state index in [-0.39, 0.29) is 36.4 Å². The maximum absolute atomic E-state index is 14.6. The van der Waals surface area contributed by atoms with Gasteiger partial charge in [0.05, 0.1) is 0 Å². The van der Waals surface area contributed by atoms with Crippen molar-refractivity contribution in [3.63, 3.8) is 0 Å². The van der Waals surface area contributed by atoms with Crippen LogP contribution in [0.2, 0.25) is 0 Å². The second kappa shape index (κ2) is 8.58. The van der Waals surface area contributed by atoms with Crippen LogP contribution in [0.15, 0.2) is 46.6 Å². The van der Waals surface area contributed by atoms with Crippen LogP contribution in [0, 0.1) is 17.6 Å². The molecule has 186 valence electrons. The maximum atomic E-state index is 14.6. The second-order valence-corrected chi connectivity index (χ2v) is 8.82. The predicted molar refractivity (Wildman–Crippen MR) is 115 cm³/mol. The number of rotatable bonds is 5. The molecule has 0 amide bonds. The fourth-order valence-corrected chi connectivity index (χ4v) is 4.61. The number of fused-ring (bicyclic) bond motifs is 3. The van der Waals surface area contributed by atoms with Crippen molar-refractivity contribution in [3.05, 3.63) is 69.5 Å². The average Bonchev–Trinajstić information content (AvgIpc) is 3.31. The first-order valence-electron chi connectivity index (χ1n) is 11.0. The lowest BCUT2D eigenvalue weighted by Gasteiger charge is -2.19. The fraction of sp³-hybridized carbons (Fsp3) is 0.391. The molecule has 4 heterocycles. The van der Waals surface area contributed by atoms with E-state index in [9.17, 15) is 26.7 Å². The van der Waals surface area contributed by atoms with E-state index < -0.39 is 34.9 Å². The Morgan fingerprint density at radius 3 is 2.63 bits per heavy atom. The normalized spacial score (nSPS) is 21.1. The van der Waals surface area contributed by atoms with Crippen LogP contribution in [0.1, 0.15) is 18.9 Å². The number of benzene rings is 1. The molecule has 1 fully saturated rings. The van der Waals surface area contributed by atoms with Crippen LogP contribution in [-0.4, -0.2) is 34.9 Å². The third-order valence-electron chi connectivity index (χ3n) is 6.13. The number of dihydropyridines is 1. The molecule has 2 atom stereocenters. The van der Waals surface area contributed by atoms with Crippen LogP contribution in [-0.2, 0) is 13.2 Å². The van der Waals surface area contributed by atoms with Crippen molar-refractivity contribution in [3.8, 4) is 11.6 Å². The summed E-state index contributed by atoms with van der Waals surface area (Å²) in [7, 11) is 0. The van der Waals surface area contributed by atoms with Gasteiger partial charge in [-0.15, -0.1) is 0 Å². The summed E-state index contributed by atoms with van der Waals surface area (Å²) in [5.74, 6) is -2.15. The molecule has 35 heavy (non-hydrogen) atoms. The molecular weight excluding hydrogens is 475 g/mol. The van der Waals surface area contributed by atoms with E-state index >= 15 is 0 Å². The summed E-state index contributed by atoms with van der Waals surface area (Å²) in [4.78, 5) is 18.5. The summed E-state index contributed by atoms with van der Waals surface area (Å²) in [6.45, 7) is 3.03. The molecule has 0 saturated carbocycles. The Kier molecular flexibility index (Phi) is 5.68. The molecule has 1 aromatic carbocycles. The van der Waals surface area contributed by atoms with Crippen LogP contribution in [0.5, 0.6) is 11.6 Å². The molecule has 1 unspecified atom stereocenters. The fourth-order valence-electron chi connectivity index (χ4n) is 4.61. The average molecular weight is 496 g/mol. The van der Waals surface area contributed by atoms with Gasteiger partial charge in [-0.05, 0) is 36.1 Å². The Morgan fingerprint density at radius 1 is 1.17 bits per heavy atom. The number of nitrogens with zero attached hydrogens (tertiary/aromatic N) is 3. The van der Waals surface area contributed by atoms with E-state index in [1.807, 2.05) is 0 Å². The van der Waals surface area contributed by atoms with Crippen LogP contribution in [0.4, 0.5) is 27.8 Å². The summed E-state index contributed by atoms with van der Waals surface area (Å²) < 4.78 is 79.9. The predicted octanol–water partition coefficient (Wildman–Crippen LogP) is 3.64. The van der Waals surface area contributed by atoms with Crippen molar-refractivity contribution in [2.24, 2.45) is 5.92 Å². The van der Waals surface area contributed by atoms with Gasteiger partial charge in [0.1, 0.15) is 23.9 Å². The van der Waals surface area contributed by atoms with Crippen molar-refractivity contribution in [1.29, 1.82) is 0 Å². The number of nitrogens with one attached hydrogen (secondary N) is 1. The third kappa shape index (κ3) is 4.56. The quantitative estimate of drug-likeness (QED) is 0.638. The van der Waals surface area contributed by atoms with E-state index in [0.717, 1.165) is 25.1 Å². The van der Waals surface area contributed by atoms with E-state index in [1.54, 1.807) is 10.6 Å². The van der Waals surface area contributed by atoms with E-state index in [4.69, 9.17) is 9.47 Å². The van der Waals surface area contributed by atoms with Gasteiger partial charge in [-0.2, -0.15) is 18.2 Å². The Balaban J connectivity index is 1.30. The molecule has 1 aromatic heterocycles. The molecule has 2 aromatic rings. The van der Waals surface area contributed by atoms with Crippen molar-refractivity contribution in [2.45, 2.75) is 38.7 Å². The highest BCUT2D eigenvalue weighted by molar-refractivity contribution is 5.48. The first-order chi connectivity index (χ1) is 16.6. The number of halogens is 5. The smallest absolute Gasteiger partial charge is 0.431 e. The number of allylic oxidation sites excluding steroid dienone is 2. The van der Waals surface area contributed by atoms with Gasteiger partial charge in [0.15, 0.2) is 17.4 Å². The Morgan fingerprint density at radius 2 is 1.91 bits per heavy atom. The Bertz CT molecular complexity index is 1260. The highest BCUT2D eigenvalue weighted by Crippen LogP contribution is 2.35. The van der Waals surface area contributed by atoms with Gasteiger partial charge in [0.2, 0.25) is 5.88 Å². The van der Waals surface area contributed by atoms with Crippen molar-refractivity contribution >= 4 is 5.82 Å². The number of ether oxygens (including phenoxy) is 2. The van der Waals surface area contributed by atoms with Gasteiger partial charge in [-0.1, -0.05) is 6.92 Å². The number of aromatic nitrogens is 2. The summed E-state index contributed by atoms with van der Waals surface area (Å²) in [5, 5.41) is 2.12. The van der Waals surface area contributed by atoms with Crippen molar-refractivity contribution in [1.82, 2.24) is 14.9 Å². The molecule has 1 saturated heterocycles. The minimum Gasteiger partial charge on any atom is -0.473 e. The molecule has 1 N–H and O–H groups in total. The number of hydrogen-bond donors (Lipinski definition) is 1. The zero-order valence-corrected chi connectivity index (χ0v) is 18.5. The van der Waals surface area contributed by atoms with Gasteiger partial charge in [-0.25, -0.2) is 13.6 Å². The Hall–Kier alpha value is -3.57. The van der Waals surface area contributed by atoms with Crippen molar-refractivity contribution in [2.75, 3.05) is 18.0 Å².